The molecule has 2 aliphatic rings. The van der Waals surface area contributed by atoms with E-state index in [1.54, 1.807) is 0 Å². The molecule has 0 aromatic carbocycles. The van der Waals surface area contributed by atoms with Gasteiger partial charge in [0.2, 0.25) is 0 Å². The monoisotopic (exact) mass is 239 g/mol. The van der Waals surface area contributed by atoms with Gasteiger partial charge in [-0.2, -0.15) is 0 Å². The first-order valence-electron chi connectivity index (χ1n) is 7.02. The molecule has 98 valence electrons. The van der Waals surface area contributed by atoms with Crippen LogP contribution in [0.15, 0.2) is 0 Å². The molecule has 1 aliphatic carbocycles. The van der Waals surface area contributed by atoms with Gasteiger partial charge in [-0.1, -0.05) is 12.8 Å². The summed E-state index contributed by atoms with van der Waals surface area (Å²) in [7, 11) is 0. The third-order valence-electron chi connectivity index (χ3n) is 4.00. The molecule has 3 N–H and O–H groups in total. The largest absolute Gasteiger partial charge is 0.338 e. The van der Waals surface area contributed by atoms with Gasteiger partial charge in [-0.15, -0.1) is 0 Å². The van der Waals surface area contributed by atoms with Crippen LogP contribution >= 0.6 is 0 Å². The molecular weight excluding hydrogens is 214 g/mol. The van der Waals surface area contributed by atoms with Gasteiger partial charge in [-0.05, 0) is 45.1 Å². The van der Waals surface area contributed by atoms with E-state index in [0.29, 0.717) is 18.0 Å². The average Bonchev–Trinajstić information content (AvgIpc) is 2.81. The van der Waals surface area contributed by atoms with Crippen molar-refractivity contribution in [1.82, 2.24) is 16.0 Å². The highest BCUT2D eigenvalue weighted by atomic mass is 16.2. The Morgan fingerprint density at radius 2 is 2.00 bits per heavy atom. The van der Waals surface area contributed by atoms with E-state index in [1.165, 1.54) is 25.7 Å². The molecule has 1 heterocycles. The van der Waals surface area contributed by atoms with Gasteiger partial charge in [-0.3, -0.25) is 0 Å². The standard InChI is InChI=1S/C13H25N3O/c1-10-6-7-11(8-14-10)9-15-13(17)16-12-4-2-3-5-12/h10-12,14H,2-9H2,1H3,(H2,15,16,17). The van der Waals surface area contributed by atoms with Crippen LogP contribution in [0.2, 0.25) is 0 Å². The Morgan fingerprint density at radius 3 is 2.65 bits per heavy atom. The highest BCUT2D eigenvalue weighted by Crippen LogP contribution is 2.17. The van der Waals surface area contributed by atoms with Gasteiger partial charge in [0.1, 0.15) is 0 Å². The van der Waals surface area contributed by atoms with E-state index in [9.17, 15) is 4.79 Å². The van der Waals surface area contributed by atoms with Crippen LogP contribution in [0.5, 0.6) is 0 Å². The Labute approximate surface area is 104 Å². The van der Waals surface area contributed by atoms with Gasteiger partial charge in [-0.25, -0.2) is 4.79 Å². The molecule has 2 rings (SSSR count). The number of carbonyl (C=O) groups excluding carboxylic acids is 1. The third kappa shape index (κ3) is 4.19. The number of piperidine rings is 1. The summed E-state index contributed by atoms with van der Waals surface area (Å²) in [4.78, 5) is 11.7. The first kappa shape index (κ1) is 12.7. The fraction of sp³-hybridized carbons (Fsp3) is 0.923. The van der Waals surface area contributed by atoms with Gasteiger partial charge in [0.15, 0.2) is 0 Å². The van der Waals surface area contributed by atoms with E-state index >= 15 is 0 Å². The van der Waals surface area contributed by atoms with Crippen LogP contribution < -0.4 is 16.0 Å². The average molecular weight is 239 g/mol. The fourth-order valence-corrected chi connectivity index (χ4v) is 2.78. The first-order valence-corrected chi connectivity index (χ1v) is 7.02. The second kappa shape index (κ2) is 6.24. The van der Waals surface area contributed by atoms with Crippen LogP contribution in [-0.4, -0.2) is 31.2 Å². The van der Waals surface area contributed by atoms with Crippen molar-refractivity contribution in [3.63, 3.8) is 0 Å². The molecule has 1 saturated heterocycles. The van der Waals surface area contributed by atoms with E-state index in [4.69, 9.17) is 0 Å². The van der Waals surface area contributed by atoms with Crippen LogP contribution in [0.4, 0.5) is 4.79 Å². The van der Waals surface area contributed by atoms with Gasteiger partial charge in [0, 0.05) is 18.6 Å². The molecule has 2 atom stereocenters. The molecule has 1 aliphatic heterocycles. The summed E-state index contributed by atoms with van der Waals surface area (Å²) in [6.07, 6.45) is 7.26. The lowest BCUT2D eigenvalue weighted by Gasteiger charge is -2.27. The lowest BCUT2D eigenvalue weighted by atomic mass is 9.95. The summed E-state index contributed by atoms with van der Waals surface area (Å²) in [5, 5.41) is 9.52. The summed E-state index contributed by atoms with van der Waals surface area (Å²) in [5.74, 6) is 0.598. The van der Waals surface area contributed by atoms with Crippen molar-refractivity contribution in [1.29, 1.82) is 0 Å². The predicted molar refractivity (Wildman–Crippen MR) is 69.0 cm³/mol. The number of hydrogen-bond acceptors (Lipinski definition) is 2. The van der Waals surface area contributed by atoms with Gasteiger partial charge < -0.3 is 16.0 Å². The van der Waals surface area contributed by atoms with Crippen molar-refractivity contribution >= 4 is 6.03 Å². The molecule has 1 saturated carbocycles. The van der Waals surface area contributed by atoms with E-state index in [2.05, 4.69) is 22.9 Å². The first-order chi connectivity index (χ1) is 8.24. The van der Waals surface area contributed by atoms with E-state index in [1.807, 2.05) is 0 Å². The van der Waals surface area contributed by atoms with Crippen molar-refractivity contribution in [3.05, 3.63) is 0 Å². The second-order valence-corrected chi connectivity index (χ2v) is 5.59. The highest BCUT2D eigenvalue weighted by Gasteiger charge is 2.20. The zero-order valence-electron chi connectivity index (χ0n) is 10.8. The molecular formula is C13H25N3O. The maximum absolute atomic E-state index is 11.7. The minimum absolute atomic E-state index is 0.0236. The van der Waals surface area contributed by atoms with Crippen molar-refractivity contribution in [2.24, 2.45) is 5.92 Å². The molecule has 17 heavy (non-hydrogen) atoms. The molecule has 2 unspecified atom stereocenters. The summed E-state index contributed by atoms with van der Waals surface area (Å²) in [5.41, 5.74) is 0. The summed E-state index contributed by atoms with van der Waals surface area (Å²) in [6, 6.07) is 1.08. The van der Waals surface area contributed by atoms with Crippen molar-refractivity contribution in [3.8, 4) is 0 Å². The minimum Gasteiger partial charge on any atom is -0.338 e. The van der Waals surface area contributed by atoms with E-state index in [0.717, 1.165) is 25.9 Å². The lowest BCUT2D eigenvalue weighted by molar-refractivity contribution is 0.232. The predicted octanol–water partition coefficient (Wildman–Crippen LogP) is 1.62. The van der Waals surface area contributed by atoms with Gasteiger partial charge in [0.05, 0.1) is 0 Å². The molecule has 0 radical (unpaired) electrons. The molecule has 4 nitrogen and oxygen atoms in total. The van der Waals surface area contributed by atoms with Crippen LogP contribution in [0.25, 0.3) is 0 Å². The Kier molecular flexibility index (Phi) is 4.66. The Balaban J connectivity index is 1.59. The lowest BCUT2D eigenvalue weighted by Crippen LogP contribution is -2.46. The fourth-order valence-electron chi connectivity index (χ4n) is 2.78. The minimum atomic E-state index is 0.0236. The smallest absolute Gasteiger partial charge is 0.315 e. The number of hydrogen-bond donors (Lipinski definition) is 3. The van der Waals surface area contributed by atoms with Crippen molar-refractivity contribution < 1.29 is 4.79 Å². The molecule has 0 spiro atoms. The second-order valence-electron chi connectivity index (χ2n) is 5.59. The Bertz CT molecular complexity index is 243. The molecule has 0 bridgehead atoms. The number of rotatable bonds is 3. The molecule has 2 amide bonds. The number of urea groups is 1. The summed E-state index contributed by atoms with van der Waals surface area (Å²) < 4.78 is 0. The van der Waals surface area contributed by atoms with Gasteiger partial charge >= 0.3 is 6.03 Å². The highest BCUT2D eigenvalue weighted by molar-refractivity contribution is 5.74. The van der Waals surface area contributed by atoms with Crippen LogP contribution in [0.3, 0.4) is 0 Å². The Hall–Kier alpha value is -0.770. The Morgan fingerprint density at radius 1 is 1.24 bits per heavy atom. The van der Waals surface area contributed by atoms with Gasteiger partial charge in [0.25, 0.3) is 0 Å². The van der Waals surface area contributed by atoms with E-state index in [-0.39, 0.29) is 6.03 Å². The zero-order chi connectivity index (χ0) is 12.1. The SMILES string of the molecule is CC1CCC(CNC(=O)NC2CCCC2)CN1. The van der Waals surface area contributed by atoms with E-state index < -0.39 is 0 Å². The zero-order valence-corrected chi connectivity index (χ0v) is 10.8. The topological polar surface area (TPSA) is 53.2 Å². The maximum Gasteiger partial charge on any atom is 0.315 e. The van der Waals surface area contributed by atoms with Crippen LogP contribution in [0, 0.1) is 5.92 Å². The number of amides is 2. The van der Waals surface area contributed by atoms with Crippen LogP contribution in [0.1, 0.15) is 45.4 Å². The number of nitrogens with one attached hydrogen (secondary N) is 3. The molecule has 2 fully saturated rings. The molecule has 0 aromatic heterocycles. The van der Waals surface area contributed by atoms with Crippen LogP contribution in [-0.2, 0) is 0 Å². The number of carbonyl (C=O) groups is 1. The normalized spacial score (nSPS) is 30.2. The molecule has 4 heteroatoms. The third-order valence-corrected chi connectivity index (χ3v) is 4.00. The van der Waals surface area contributed by atoms with Crippen molar-refractivity contribution in [2.45, 2.75) is 57.5 Å². The maximum atomic E-state index is 11.7. The quantitative estimate of drug-likeness (QED) is 0.701. The summed E-state index contributed by atoms with van der Waals surface area (Å²) in [6.45, 7) is 4.06. The molecule has 0 aromatic rings. The van der Waals surface area contributed by atoms with Crippen molar-refractivity contribution in [2.75, 3.05) is 13.1 Å². The summed E-state index contributed by atoms with van der Waals surface area (Å²) >= 11 is 0.